The highest BCUT2D eigenvalue weighted by Crippen LogP contribution is 2.35. The minimum atomic E-state index is 0.759. The summed E-state index contributed by atoms with van der Waals surface area (Å²) in [5.41, 5.74) is 3.05. The van der Waals surface area contributed by atoms with Gasteiger partial charge in [0.05, 0.1) is 12.7 Å². The van der Waals surface area contributed by atoms with Crippen LogP contribution < -0.4 is 14.2 Å². The monoisotopic (exact) mass is 419 g/mol. The van der Waals surface area contributed by atoms with E-state index in [1.807, 2.05) is 103 Å². The van der Waals surface area contributed by atoms with Gasteiger partial charge < -0.3 is 4.74 Å². The van der Waals surface area contributed by atoms with Crippen molar-refractivity contribution in [2.75, 3.05) is 4.90 Å². The van der Waals surface area contributed by atoms with Crippen molar-refractivity contribution < 1.29 is 9.30 Å². The smallest absolute Gasteiger partial charge is 0.248 e. The lowest BCUT2D eigenvalue weighted by Gasteiger charge is -2.24. The van der Waals surface area contributed by atoms with Crippen LogP contribution >= 0.6 is 0 Å². The lowest BCUT2D eigenvalue weighted by atomic mass is 10.2. The molecule has 0 spiro atoms. The molecule has 2 heterocycles. The Bertz CT molecular complexity index is 1280. The Morgan fingerprint density at radius 1 is 0.781 bits per heavy atom. The fraction of sp³-hybridized carbons (Fsp3) is 0.0370. The van der Waals surface area contributed by atoms with Crippen LogP contribution in [0.1, 0.15) is 0 Å². The predicted octanol–water partition coefficient (Wildman–Crippen LogP) is 5.96. The van der Waals surface area contributed by atoms with Crippen molar-refractivity contribution in [2.24, 2.45) is 7.05 Å². The third kappa shape index (κ3) is 4.23. The number of aromatic nitrogens is 3. The van der Waals surface area contributed by atoms with Gasteiger partial charge in [-0.2, -0.15) is 0 Å². The van der Waals surface area contributed by atoms with Crippen LogP contribution in [0.2, 0.25) is 0 Å². The highest BCUT2D eigenvalue weighted by Gasteiger charge is 2.14. The Morgan fingerprint density at radius 3 is 2.28 bits per heavy atom. The number of aryl methyl sites for hydroxylation is 1. The summed E-state index contributed by atoms with van der Waals surface area (Å²) in [5.74, 6) is 2.38. The zero-order valence-electron chi connectivity index (χ0n) is 17.7. The number of hydrogen-bond acceptors (Lipinski definition) is 3. The topological polar surface area (TPSA) is 34.2 Å². The summed E-state index contributed by atoms with van der Waals surface area (Å²) in [7, 11) is 2.00. The molecule has 3 aromatic carbocycles. The third-order valence-corrected chi connectivity index (χ3v) is 5.09. The SMILES string of the molecule is C[n+]1ccn(-c2cccc(Oc3cccc(N(c4ccccc4)c4ccccn4)c3)c2)c1. The molecule has 32 heavy (non-hydrogen) atoms. The van der Waals surface area contributed by atoms with Gasteiger partial charge in [-0.05, 0) is 48.5 Å². The molecule has 5 rings (SSSR count). The molecule has 0 radical (unpaired) electrons. The fourth-order valence-corrected chi connectivity index (χ4v) is 3.61. The van der Waals surface area contributed by atoms with E-state index in [0.717, 1.165) is 34.4 Å². The number of para-hydroxylation sites is 1. The van der Waals surface area contributed by atoms with Gasteiger partial charge in [0.1, 0.15) is 35.4 Å². The number of rotatable bonds is 6. The molecule has 5 aromatic rings. The Balaban J connectivity index is 1.48. The quantitative estimate of drug-likeness (QED) is 0.319. The molecule has 0 fully saturated rings. The van der Waals surface area contributed by atoms with E-state index >= 15 is 0 Å². The number of pyridine rings is 1. The van der Waals surface area contributed by atoms with Crippen molar-refractivity contribution in [1.82, 2.24) is 9.55 Å². The molecule has 0 aliphatic carbocycles. The van der Waals surface area contributed by atoms with Gasteiger partial charge in [0.2, 0.25) is 6.33 Å². The Morgan fingerprint density at radius 2 is 1.53 bits per heavy atom. The number of hydrogen-bond donors (Lipinski definition) is 0. The molecule has 5 nitrogen and oxygen atoms in total. The first-order valence-corrected chi connectivity index (χ1v) is 10.4. The molecule has 0 amide bonds. The minimum Gasteiger partial charge on any atom is -0.457 e. The average molecular weight is 420 g/mol. The van der Waals surface area contributed by atoms with Gasteiger partial charge in [-0.15, -0.1) is 0 Å². The minimum absolute atomic E-state index is 0.759. The van der Waals surface area contributed by atoms with Gasteiger partial charge in [0.25, 0.3) is 0 Å². The van der Waals surface area contributed by atoms with Gasteiger partial charge in [-0.25, -0.2) is 14.1 Å². The van der Waals surface area contributed by atoms with Gasteiger partial charge >= 0.3 is 0 Å². The van der Waals surface area contributed by atoms with Crippen LogP contribution in [0.5, 0.6) is 11.5 Å². The van der Waals surface area contributed by atoms with Crippen molar-refractivity contribution in [3.05, 3.63) is 122 Å². The van der Waals surface area contributed by atoms with E-state index in [2.05, 4.69) is 38.7 Å². The van der Waals surface area contributed by atoms with Gasteiger partial charge in [0.15, 0.2) is 0 Å². The van der Waals surface area contributed by atoms with Gasteiger partial charge in [-0.1, -0.05) is 36.4 Å². The summed E-state index contributed by atoms with van der Waals surface area (Å²) < 4.78 is 10.3. The lowest BCUT2D eigenvalue weighted by molar-refractivity contribution is -0.670. The standard InChI is InChI=1S/C27H23N4O/c1-29-17-18-30(21-29)23-11-7-13-25(19-23)32-26-14-8-12-24(20-26)31(22-9-3-2-4-10-22)27-15-5-6-16-28-27/h2-21H,1H3/q+1. The third-order valence-electron chi connectivity index (χ3n) is 5.09. The van der Waals surface area contributed by atoms with Crippen molar-refractivity contribution in [3.8, 4) is 17.2 Å². The van der Waals surface area contributed by atoms with E-state index in [9.17, 15) is 0 Å². The first kappa shape index (κ1) is 19.6. The zero-order chi connectivity index (χ0) is 21.8. The summed E-state index contributed by atoms with van der Waals surface area (Å²) in [4.78, 5) is 6.69. The Hall–Kier alpha value is -4.38. The van der Waals surface area contributed by atoms with E-state index in [4.69, 9.17) is 4.74 Å². The summed E-state index contributed by atoms with van der Waals surface area (Å²) in [6.07, 6.45) is 7.85. The maximum absolute atomic E-state index is 6.24. The zero-order valence-corrected chi connectivity index (χ0v) is 17.7. The summed E-state index contributed by atoms with van der Waals surface area (Å²) >= 11 is 0. The molecule has 0 saturated heterocycles. The first-order valence-electron chi connectivity index (χ1n) is 10.4. The summed E-state index contributed by atoms with van der Waals surface area (Å²) in [6, 6.07) is 32.2. The van der Waals surface area contributed by atoms with Crippen molar-refractivity contribution in [2.45, 2.75) is 0 Å². The van der Waals surface area contributed by atoms with Crippen LogP contribution in [0, 0.1) is 0 Å². The highest BCUT2D eigenvalue weighted by atomic mass is 16.5. The molecule has 5 heteroatoms. The van der Waals surface area contributed by atoms with Crippen molar-refractivity contribution in [3.63, 3.8) is 0 Å². The van der Waals surface area contributed by atoms with Gasteiger partial charge in [0, 0.05) is 24.0 Å². The number of anilines is 3. The van der Waals surface area contributed by atoms with Gasteiger partial charge in [-0.3, -0.25) is 4.90 Å². The Kier molecular flexibility index (Phi) is 5.37. The fourth-order valence-electron chi connectivity index (χ4n) is 3.61. The number of imidazole rings is 1. The highest BCUT2D eigenvalue weighted by molar-refractivity contribution is 5.75. The molecule has 0 saturated carbocycles. The number of nitrogens with zero attached hydrogens (tertiary/aromatic N) is 4. The number of ether oxygens (including phenoxy) is 1. The molecular formula is C27H23N4O+. The van der Waals surface area contributed by atoms with E-state index in [-0.39, 0.29) is 0 Å². The molecule has 0 aliphatic rings. The van der Waals surface area contributed by atoms with E-state index < -0.39 is 0 Å². The van der Waals surface area contributed by atoms with Crippen LogP contribution in [0.4, 0.5) is 17.2 Å². The predicted molar refractivity (Wildman–Crippen MR) is 126 cm³/mol. The average Bonchev–Trinajstić information content (AvgIpc) is 3.28. The Labute approximate surface area is 187 Å². The molecule has 0 atom stereocenters. The van der Waals surface area contributed by atoms with E-state index in [1.165, 1.54) is 0 Å². The van der Waals surface area contributed by atoms with Crippen LogP contribution in [-0.4, -0.2) is 9.55 Å². The number of benzene rings is 3. The second kappa shape index (κ2) is 8.78. The van der Waals surface area contributed by atoms with Crippen LogP contribution in [-0.2, 0) is 7.05 Å². The molecule has 0 unspecified atom stereocenters. The normalized spacial score (nSPS) is 10.7. The largest absolute Gasteiger partial charge is 0.457 e. The molecule has 0 aliphatic heterocycles. The van der Waals surface area contributed by atoms with Crippen LogP contribution in [0.15, 0.2) is 122 Å². The van der Waals surface area contributed by atoms with Crippen molar-refractivity contribution in [1.29, 1.82) is 0 Å². The maximum Gasteiger partial charge on any atom is 0.248 e. The van der Waals surface area contributed by atoms with E-state index in [1.54, 1.807) is 6.20 Å². The maximum atomic E-state index is 6.24. The second-order valence-electron chi connectivity index (χ2n) is 7.44. The summed E-state index contributed by atoms with van der Waals surface area (Å²) in [6.45, 7) is 0. The summed E-state index contributed by atoms with van der Waals surface area (Å²) in [5, 5.41) is 0. The van der Waals surface area contributed by atoms with Crippen molar-refractivity contribution >= 4 is 17.2 Å². The van der Waals surface area contributed by atoms with Crippen LogP contribution in [0.3, 0.4) is 0 Å². The van der Waals surface area contributed by atoms with Crippen LogP contribution in [0.25, 0.3) is 5.69 Å². The molecule has 2 aromatic heterocycles. The van der Waals surface area contributed by atoms with E-state index in [0.29, 0.717) is 0 Å². The molecule has 0 bridgehead atoms. The second-order valence-corrected chi connectivity index (χ2v) is 7.44. The molecule has 0 N–H and O–H groups in total. The molecule has 156 valence electrons. The first-order chi connectivity index (χ1) is 15.8. The molecular weight excluding hydrogens is 396 g/mol. The lowest BCUT2D eigenvalue weighted by Crippen LogP contribution is -2.23.